The molecule has 162 valence electrons. The third-order valence-electron chi connectivity index (χ3n) is 6.61. The first kappa shape index (κ1) is 23.4. The molecule has 7 nitrogen and oxygen atoms in total. The van der Waals surface area contributed by atoms with Crippen LogP contribution in [0.25, 0.3) is 0 Å². The van der Waals surface area contributed by atoms with Crippen LogP contribution in [0.2, 0.25) is 0 Å². The van der Waals surface area contributed by atoms with Crippen LogP contribution in [0.5, 0.6) is 0 Å². The molecule has 1 saturated carbocycles. The molecule has 8 atom stereocenters. The van der Waals surface area contributed by atoms with Gasteiger partial charge in [0.2, 0.25) is 0 Å². The topological polar surface area (TPSA) is 116 Å². The molecular weight excluding hydrogens is 362 g/mol. The van der Waals surface area contributed by atoms with Gasteiger partial charge in [0, 0.05) is 12.3 Å². The van der Waals surface area contributed by atoms with Crippen molar-refractivity contribution >= 4 is 5.78 Å². The average Bonchev–Trinajstić information content (AvgIpc) is 2.68. The van der Waals surface area contributed by atoms with Gasteiger partial charge in [0.15, 0.2) is 0 Å². The van der Waals surface area contributed by atoms with Crippen molar-refractivity contribution in [2.45, 2.75) is 102 Å². The molecule has 1 heterocycles. The molecule has 2 fully saturated rings. The molecule has 5 unspecified atom stereocenters. The third-order valence-corrected chi connectivity index (χ3v) is 6.61. The number of nitroso groups, excluding NO2 is 1. The van der Waals surface area contributed by atoms with Crippen LogP contribution < -0.4 is 0 Å². The van der Waals surface area contributed by atoms with E-state index in [1.165, 1.54) is 6.42 Å². The first-order valence-electron chi connectivity index (χ1n) is 11.0. The Labute approximate surface area is 167 Å². The Balaban J connectivity index is 2.12. The number of hydrogen-bond acceptors (Lipinski definition) is 7. The van der Waals surface area contributed by atoms with E-state index in [2.05, 4.69) is 19.0 Å². The number of carbonyl (C=O) groups is 1. The van der Waals surface area contributed by atoms with Crippen LogP contribution in [0.3, 0.4) is 0 Å². The van der Waals surface area contributed by atoms with Crippen molar-refractivity contribution in [3.63, 3.8) is 0 Å². The average molecular weight is 400 g/mol. The van der Waals surface area contributed by atoms with Gasteiger partial charge >= 0.3 is 0 Å². The number of hydrogen-bond donors (Lipinski definition) is 3. The van der Waals surface area contributed by atoms with E-state index in [-0.39, 0.29) is 12.3 Å². The summed E-state index contributed by atoms with van der Waals surface area (Å²) >= 11 is 0. The summed E-state index contributed by atoms with van der Waals surface area (Å²) in [5, 5.41) is 33.5. The molecule has 1 aliphatic carbocycles. The van der Waals surface area contributed by atoms with E-state index in [1.54, 1.807) is 0 Å². The number of unbranched alkanes of at least 4 members (excludes halogenated alkanes) is 3. The zero-order chi connectivity index (χ0) is 20.7. The monoisotopic (exact) mass is 399 g/mol. The lowest BCUT2D eigenvalue weighted by Crippen LogP contribution is -2.61. The van der Waals surface area contributed by atoms with Gasteiger partial charge in [0.05, 0.1) is 6.10 Å². The molecule has 0 radical (unpaired) electrons. The van der Waals surface area contributed by atoms with Crippen LogP contribution >= 0.6 is 0 Å². The molecule has 0 amide bonds. The summed E-state index contributed by atoms with van der Waals surface area (Å²) in [7, 11) is 0. The minimum atomic E-state index is -1.45. The van der Waals surface area contributed by atoms with Crippen molar-refractivity contribution in [2.75, 3.05) is 6.54 Å². The minimum absolute atomic E-state index is 0.0553. The molecule has 0 aromatic heterocycles. The van der Waals surface area contributed by atoms with Crippen molar-refractivity contribution in [3.05, 3.63) is 4.91 Å². The van der Waals surface area contributed by atoms with Gasteiger partial charge in [-0.15, -0.1) is 0 Å². The molecular formula is C21H37NO6. The number of carbonyl (C=O) groups excluding carboxylic acids is 1. The first-order valence-corrected chi connectivity index (χ1v) is 11.0. The van der Waals surface area contributed by atoms with Crippen LogP contribution in [0.4, 0.5) is 0 Å². The standard InChI is InChI=1S/C21H37NO6/c1-3-5-7-9-14-11-16(23)15(10-13(14)8-6-4-2)21-20(26)19(25)18(24)17(28-21)12-22-27/h13-15,17-21,24-26H,3-12H2,1-2H3/t13-,14-,15-,17?,18?,19?,20?,21?/m1/s1. The van der Waals surface area contributed by atoms with Gasteiger partial charge in [0.25, 0.3) is 0 Å². The van der Waals surface area contributed by atoms with Crippen LogP contribution in [0.15, 0.2) is 5.18 Å². The van der Waals surface area contributed by atoms with E-state index in [4.69, 9.17) is 4.74 Å². The van der Waals surface area contributed by atoms with E-state index in [0.717, 1.165) is 38.5 Å². The Morgan fingerprint density at radius 1 is 0.964 bits per heavy atom. The molecule has 2 aliphatic rings. The van der Waals surface area contributed by atoms with Crippen LogP contribution in [0.1, 0.15) is 71.6 Å². The predicted molar refractivity (Wildman–Crippen MR) is 106 cm³/mol. The maximum absolute atomic E-state index is 12.9. The van der Waals surface area contributed by atoms with Gasteiger partial charge in [0.1, 0.15) is 36.7 Å². The Hall–Kier alpha value is -0.890. The molecule has 2 rings (SSSR count). The van der Waals surface area contributed by atoms with Crippen molar-refractivity contribution in [1.82, 2.24) is 0 Å². The number of aliphatic hydroxyl groups excluding tert-OH is 3. The maximum Gasteiger partial charge on any atom is 0.138 e. The fourth-order valence-electron chi connectivity index (χ4n) is 4.89. The van der Waals surface area contributed by atoms with Crippen LogP contribution in [0, 0.1) is 22.7 Å². The number of ether oxygens (including phenoxy) is 1. The number of aliphatic hydroxyl groups is 3. The summed E-state index contributed by atoms with van der Waals surface area (Å²) in [5.41, 5.74) is 0. The minimum Gasteiger partial charge on any atom is -0.388 e. The second kappa shape index (κ2) is 11.3. The summed E-state index contributed by atoms with van der Waals surface area (Å²) in [4.78, 5) is 23.6. The number of nitrogens with zero attached hydrogens (tertiary/aromatic N) is 1. The van der Waals surface area contributed by atoms with E-state index in [9.17, 15) is 25.0 Å². The summed E-state index contributed by atoms with van der Waals surface area (Å²) in [6.07, 6.45) is 2.75. The SMILES string of the molecule is CCCCC[C@@H]1CC(=O)[C@H](C2OC(CN=O)C(O)C(O)C2O)C[C@H]1CCCC. The second-order valence-electron chi connectivity index (χ2n) is 8.59. The number of Topliss-reactive ketones (excluding diaryl/α,β-unsaturated/α-hetero) is 1. The largest absolute Gasteiger partial charge is 0.388 e. The summed E-state index contributed by atoms with van der Waals surface area (Å²) in [5.74, 6) is 0.294. The first-order chi connectivity index (χ1) is 13.4. The molecule has 28 heavy (non-hydrogen) atoms. The fraction of sp³-hybridized carbons (Fsp3) is 0.952. The molecule has 7 heteroatoms. The highest BCUT2D eigenvalue weighted by Gasteiger charge is 2.50. The van der Waals surface area contributed by atoms with Crippen molar-refractivity contribution in [3.8, 4) is 0 Å². The maximum atomic E-state index is 12.9. The summed E-state index contributed by atoms with van der Waals surface area (Å²) in [6.45, 7) is 4.00. The summed E-state index contributed by atoms with van der Waals surface area (Å²) < 4.78 is 5.74. The van der Waals surface area contributed by atoms with Gasteiger partial charge < -0.3 is 20.1 Å². The highest BCUT2D eigenvalue weighted by Crippen LogP contribution is 2.41. The number of rotatable bonds is 10. The van der Waals surface area contributed by atoms with Gasteiger partial charge in [-0.05, 0) is 24.7 Å². The van der Waals surface area contributed by atoms with E-state index in [0.29, 0.717) is 24.7 Å². The smallest absolute Gasteiger partial charge is 0.138 e. The highest BCUT2D eigenvalue weighted by atomic mass is 16.5. The lowest BCUT2D eigenvalue weighted by atomic mass is 9.67. The number of ketones is 1. The van der Waals surface area contributed by atoms with Gasteiger partial charge in [-0.1, -0.05) is 57.5 Å². The van der Waals surface area contributed by atoms with Crippen LogP contribution in [-0.4, -0.2) is 58.2 Å². The lowest BCUT2D eigenvalue weighted by molar-refractivity contribution is -0.233. The Bertz CT molecular complexity index is 501. The van der Waals surface area contributed by atoms with Gasteiger partial charge in [-0.3, -0.25) is 4.79 Å². The summed E-state index contributed by atoms with van der Waals surface area (Å²) in [6, 6.07) is 0. The molecule has 1 aliphatic heterocycles. The normalized spacial score (nSPS) is 39.1. The third kappa shape index (κ3) is 5.59. The molecule has 1 saturated heterocycles. The zero-order valence-corrected chi connectivity index (χ0v) is 17.2. The van der Waals surface area contributed by atoms with E-state index < -0.39 is 36.4 Å². The van der Waals surface area contributed by atoms with E-state index >= 15 is 0 Å². The predicted octanol–water partition coefficient (Wildman–Crippen LogP) is 2.58. The lowest BCUT2D eigenvalue weighted by Gasteiger charge is -2.45. The highest BCUT2D eigenvalue weighted by molar-refractivity contribution is 5.82. The van der Waals surface area contributed by atoms with Gasteiger partial charge in [-0.25, -0.2) is 0 Å². The Morgan fingerprint density at radius 2 is 1.64 bits per heavy atom. The molecule has 0 bridgehead atoms. The zero-order valence-electron chi connectivity index (χ0n) is 17.2. The second-order valence-corrected chi connectivity index (χ2v) is 8.59. The molecule has 0 spiro atoms. The van der Waals surface area contributed by atoms with Crippen molar-refractivity contribution in [1.29, 1.82) is 0 Å². The van der Waals surface area contributed by atoms with Crippen LogP contribution in [-0.2, 0) is 9.53 Å². The van der Waals surface area contributed by atoms with Gasteiger partial charge in [-0.2, -0.15) is 4.91 Å². The molecule has 0 aromatic carbocycles. The quantitative estimate of drug-likeness (QED) is 0.384. The van der Waals surface area contributed by atoms with Crippen molar-refractivity contribution < 1.29 is 24.9 Å². The fourth-order valence-corrected chi connectivity index (χ4v) is 4.89. The molecule has 0 aromatic rings. The Morgan fingerprint density at radius 3 is 2.29 bits per heavy atom. The van der Waals surface area contributed by atoms with Crippen molar-refractivity contribution in [2.24, 2.45) is 22.9 Å². The Kier molecular flexibility index (Phi) is 9.47. The molecule has 3 N–H and O–H groups in total. The van der Waals surface area contributed by atoms with E-state index in [1.807, 2.05) is 0 Å².